The minimum absolute atomic E-state index is 0. The highest BCUT2D eigenvalue weighted by molar-refractivity contribution is 14.0. The van der Waals surface area contributed by atoms with E-state index in [0.717, 1.165) is 55.9 Å². The van der Waals surface area contributed by atoms with E-state index >= 15 is 0 Å². The highest BCUT2D eigenvalue weighted by Crippen LogP contribution is 2.26. The van der Waals surface area contributed by atoms with Gasteiger partial charge < -0.3 is 24.4 Å². The van der Waals surface area contributed by atoms with E-state index in [-0.39, 0.29) is 30.0 Å². The first-order valence-electron chi connectivity index (χ1n) is 10.7. The van der Waals surface area contributed by atoms with Gasteiger partial charge >= 0.3 is 0 Å². The minimum Gasteiger partial charge on any atom is -0.497 e. The number of guanidine groups is 1. The van der Waals surface area contributed by atoms with Gasteiger partial charge in [0.15, 0.2) is 5.96 Å². The predicted molar refractivity (Wildman–Crippen MR) is 139 cm³/mol. The van der Waals surface area contributed by atoms with Crippen LogP contribution in [0.3, 0.4) is 0 Å². The number of benzene rings is 2. The summed E-state index contributed by atoms with van der Waals surface area (Å²) < 4.78 is 16.4. The van der Waals surface area contributed by atoms with Gasteiger partial charge in [-0.25, -0.2) is 0 Å². The minimum atomic E-state index is 0. The van der Waals surface area contributed by atoms with Crippen molar-refractivity contribution in [3.8, 4) is 11.5 Å². The molecule has 176 valence electrons. The third kappa shape index (κ3) is 6.98. The zero-order valence-electron chi connectivity index (χ0n) is 19.4. The summed E-state index contributed by atoms with van der Waals surface area (Å²) >= 11 is 0. The summed E-state index contributed by atoms with van der Waals surface area (Å²) in [5.74, 6) is 2.42. The summed E-state index contributed by atoms with van der Waals surface area (Å²) in [7, 11) is 7.18. The second-order valence-electron chi connectivity index (χ2n) is 7.54. The molecule has 1 saturated heterocycles. The lowest BCUT2D eigenvalue weighted by Crippen LogP contribution is -2.46. The van der Waals surface area contributed by atoms with Gasteiger partial charge in [-0.15, -0.1) is 24.0 Å². The Morgan fingerprint density at radius 2 is 1.84 bits per heavy atom. The number of morpholine rings is 1. The number of nitrogens with one attached hydrogen (secondary N) is 1. The van der Waals surface area contributed by atoms with Crippen molar-refractivity contribution in [2.24, 2.45) is 4.99 Å². The van der Waals surface area contributed by atoms with E-state index in [1.54, 1.807) is 14.2 Å². The molecular weight excluding hydrogens is 519 g/mol. The number of aliphatic imine (C=N–C) groups is 1. The summed E-state index contributed by atoms with van der Waals surface area (Å²) in [5, 5.41) is 3.57. The molecule has 1 N–H and O–H groups in total. The van der Waals surface area contributed by atoms with Crippen LogP contribution in [0.15, 0.2) is 53.5 Å². The van der Waals surface area contributed by atoms with Crippen molar-refractivity contribution in [3.05, 3.63) is 59.7 Å². The van der Waals surface area contributed by atoms with Gasteiger partial charge in [0.05, 0.1) is 33.5 Å². The fourth-order valence-corrected chi connectivity index (χ4v) is 3.91. The third-order valence-electron chi connectivity index (χ3n) is 5.60. The number of halogens is 1. The zero-order chi connectivity index (χ0) is 22.1. The third-order valence-corrected chi connectivity index (χ3v) is 5.60. The van der Waals surface area contributed by atoms with Crippen LogP contribution < -0.4 is 14.8 Å². The average molecular weight is 554 g/mol. The Balaban J connectivity index is 0.00000363. The van der Waals surface area contributed by atoms with Crippen molar-refractivity contribution in [1.82, 2.24) is 15.1 Å². The Bertz CT molecular complexity index is 844. The van der Waals surface area contributed by atoms with Crippen LogP contribution in [0.2, 0.25) is 0 Å². The lowest BCUT2D eigenvalue weighted by atomic mass is 10.0. The fraction of sp³-hybridized carbons (Fsp3) is 0.458. The van der Waals surface area contributed by atoms with E-state index < -0.39 is 0 Å². The number of methoxy groups -OCH3 is 2. The maximum Gasteiger partial charge on any atom is 0.193 e. The van der Waals surface area contributed by atoms with Crippen molar-refractivity contribution in [3.63, 3.8) is 0 Å². The molecule has 1 aliphatic rings. The van der Waals surface area contributed by atoms with Crippen LogP contribution in [-0.4, -0.2) is 76.9 Å². The molecule has 0 aromatic heterocycles. The van der Waals surface area contributed by atoms with Crippen molar-refractivity contribution >= 4 is 29.9 Å². The fourth-order valence-electron chi connectivity index (χ4n) is 3.91. The predicted octanol–water partition coefficient (Wildman–Crippen LogP) is 3.40. The molecule has 0 spiro atoms. The number of hydrogen-bond acceptors (Lipinski definition) is 5. The van der Waals surface area contributed by atoms with Crippen LogP contribution in [0.4, 0.5) is 0 Å². The smallest absolute Gasteiger partial charge is 0.193 e. The largest absolute Gasteiger partial charge is 0.497 e. The Labute approximate surface area is 208 Å². The quantitative estimate of drug-likeness (QED) is 0.307. The van der Waals surface area contributed by atoms with Gasteiger partial charge in [-0.1, -0.05) is 30.3 Å². The lowest BCUT2D eigenvalue weighted by molar-refractivity contribution is 0.0169. The molecule has 0 radical (unpaired) electrons. The van der Waals surface area contributed by atoms with E-state index in [1.807, 2.05) is 32.3 Å². The number of rotatable bonds is 8. The monoisotopic (exact) mass is 554 g/mol. The van der Waals surface area contributed by atoms with Crippen molar-refractivity contribution in [2.75, 3.05) is 61.2 Å². The second-order valence-corrected chi connectivity index (χ2v) is 7.54. The molecule has 32 heavy (non-hydrogen) atoms. The first-order chi connectivity index (χ1) is 15.2. The van der Waals surface area contributed by atoms with Gasteiger partial charge in [0.2, 0.25) is 0 Å². The van der Waals surface area contributed by atoms with Crippen LogP contribution >= 0.6 is 24.0 Å². The zero-order valence-corrected chi connectivity index (χ0v) is 21.7. The van der Waals surface area contributed by atoms with E-state index in [9.17, 15) is 0 Å². The van der Waals surface area contributed by atoms with Crippen LogP contribution in [0.5, 0.6) is 11.5 Å². The number of ether oxygens (including phenoxy) is 3. The molecule has 0 saturated carbocycles. The van der Waals surface area contributed by atoms with E-state index in [4.69, 9.17) is 14.2 Å². The molecule has 1 unspecified atom stereocenters. The Morgan fingerprint density at radius 1 is 1.12 bits per heavy atom. The first-order valence-corrected chi connectivity index (χ1v) is 10.7. The average Bonchev–Trinajstić information content (AvgIpc) is 2.83. The second kappa shape index (κ2) is 13.5. The molecule has 1 fully saturated rings. The summed E-state index contributed by atoms with van der Waals surface area (Å²) in [6, 6.07) is 16.8. The molecule has 0 amide bonds. The van der Waals surface area contributed by atoms with Gasteiger partial charge in [-0.05, 0) is 17.7 Å². The van der Waals surface area contributed by atoms with Gasteiger partial charge in [-0.2, -0.15) is 0 Å². The normalized spacial score (nSPS) is 15.4. The molecule has 0 bridgehead atoms. The highest BCUT2D eigenvalue weighted by atomic mass is 127. The van der Waals surface area contributed by atoms with Crippen molar-refractivity contribution < 1.29 is 14.2 Å². The van der Waals surface area contributed by atoms with Crippen LogP contribution in [0.25, 0.3) is 0 Å². The van der Waals surface area contributed by atoms with Gasteiger partial charge in [0.1, 0.15) is 11.5 Å². The van der Waals surface area contributed by atoms with E-state index in [1.165, 1.54) is 5.56 Å². The SMILES string of the molecule is CN=C(NCC(c1ccccc1)N1CCOCC1)N(C)Cc1ccc(OC)cc1OC.I. The summed E-state index contributed by atoms with van der Waals surface area (Å²) in [6.07, 6.45) is 0. The van der Waals surface area contributed by atoms with Crippen LogP contribution in [-0.2, 0) is 11.3 Å². The highest BCUT2D eigenvalue weighted by Gasteiger charge is 2.23. The first kappa shape index (κ1) is 26.2. The molecule has 8 heteroatoms. The Hall–Kier alpha value is -2.04. The number of hydrogen-bond donors (Lipinski definition) is 1. The van der Waals surface area contributed by atoms with Gasteiger partial charge in [0, 0.05) is 51.9 Å². The standard InChI is InChI=1S/C24H34N4O3.HI/c1-25-24(27(2)18-20-10-11-21(29-3)16-23(20)30-4)26-17-22(19-8-6-5-7-9-19)28-12-14-31-15-13-28;/h5-11,16,22H,12-15,17-18H2,1-4H3,(H,25,26);1H. The Morgan fingerprint density at radius 3 is 2.47 bits per heavy atom. The van der Waals surface area contributed by atoms with Crippen molar-refractivity contribution in [2.45, 2.75) is 12.6 Å². The maximum absolute atomic E-state index is 5.56. The summed E-state index contributed by atoms with van der Waals surface area (Å²) in [4.78, 5) is 9.09. The molecule has 7 nitrogen and oxygen atoms in total. The molecule has 2 aromatic carbocycles. The maximum atomic E-state index is 5.56. The Kier molecular flexibility index (Phi) is 11.1. The molecule has 0 aliphatic carbocycles. The molecule has 1 atom stereocenters. The van der Waals surface area contributed by atoms with E-state index in [2.05, 4.69) is 50.4 Å². The number of nitrogens with zero attached hydrogens (tertiary/aromatic N) is 3. The molecule has 2 aromatic rings. The van der Waals surface area contributed by atoms with E-state index in [0.29, 0.717) is 6.54 Å². The van der Waals surface area contributed by atoms with Crippen molar-refractivity contribution in [1.29, 1.82) is 0 Å². The molecule has 1 aliphatic heterocycles. The van der Waals surface area contributed by atoms with Crippen LogP contribution in [0, 0.1) is 0 Å². The molecular formula is C24H35IN4O3. The summed E-state index contributed by atoms with van der Waals surface area (Å²) in [6.45, 7) is 4.84. The summed E-state index contributed by atoms with van der Waals surface area (Å²) in [5.41, 5.74) is 2.37. The van der Waals surface area contributed by atoms with Gasteiger partial charge in [0.25, 0.3) is 0 Å². The van der Waals surface area contributed by atoms with Crippen LogP contribution in [0.1, 0.15) is 17.2 Å². The van der Waals surface area contributed by atoms with Gasteiger partial charge in [-0.3, -0.25) is 9.89 Å². The molecule has 1 heterocycles. The molecule has 3 rings (SSSR count). The topological polar surface area (TPSA) is 58.6 Å². The lowest BCUT2D eigenvalue weighted by Gasteiger charge is -2.35.